The van der Waals surface area contributed by atoms with E-state index in [0.29, 0.717) is 0 Å². The van der Waals surface area contributed by atoms with E-state index < -0.39 is 11.5 Å². The van der Waals surface area contributed by atoms with Crippen LogP contribution in [0.2, 0.25) is 0 Å². The van der Waals surface area contributed by atoms with Crippen LogP contribution in [0, 0.1) is 63.6 Å². The molecule has 5 atom stereocenters. The van der Waals surface area contributed by atoms with Crippen LogP contribution in [-0.4, -0.2) is 31.2 Å². The van der Waals surface area contributed by atoms with Gasteiger partial charge < -0.3 is 9.47 Å². The van der Waals surface area contributed by atoms with Gasteiger partial charge >= 0.3 is 67.8 Å². The Hall–Kier alpha value is -1.40. The molecule has 0 spiro atoms. The molecule has 0 aromatic rings. The second-order valence-electron chi connectivity index (χ2n) is 4.96. The van der Waals surface area contributed by atoms with Gasteiger partial charge in [-0.3, -0.25) is 4.79 Å². The number of ether oxygens (including phenoxy) is 2. The van der Waals surface area contributed by atoms with Crippen molar-refractivity contribution < 1.29 is 75.7 Å². The third kappa shape index (κ3) is 12.3. The van der Waals surface area contributed by atoms with Gasteiger partial charge in [0.25, 0.3) is 0 Å². The van der Waals surface area contributed by atoms with E-state index in [1.54, 1.807) is 7.11 Å². The molecule has 2 heterocycles. The maximum atomic E-state index is 12.4. The molecule has 2 radical (unpaired) electrons. The van der Waals surface area contributed by atoms with E-state index in [1.807, 2.05) is 13.8 Å². The normalized spacial score (nSPS) is 23.9. The molecule has 2 aliphatic heterocycles. The zero-order valence-corrected chi connectivity index (χ0v) is 18.2. The largest absolute Gasteiger partial charge is 0 e. The van der Waals surface area contributed by atoms with Crippen molar-refractivity contribution in [3.8, 4) is 12.3 Å². The fraction of sp³-hybridized carbons (Fsp3) is 0.526. The quantitative estimate of drug-likeness (QED) is 0.313. The molecule has 2 aliphatic rings. The average Bonchev–Trinajstić information content (AvgIpc) is 3.29. The predicted octanol–water partition coefficient (Wildman–Crippen LogP) is 1.18. The molecule has 11 heteroatoms. The first-order valence-corrected chi connectivity index (χ1v) is 6.96. The van der Waals surface area contributed by atoms with Crippen molar-refractivity contribution in [2.45, 2.75) is 45.0 Å². The second-order valence-corrected chi connectivity index (χ2v) is 4.96. The number of rotatable bonds is 2. The van der Waals surface area contributed by atoms with E-state index >= 15 is 0 Å². The first kappa shape index (κ1) is 46.7. The summed E-state index contributed by atoms with van der Waals surface area (Å²) in [5.41, 5.74) is -0.685. The van der Waals surface area contributed by atoms with Crippen molar-refractivity contribution in [3.63, 3.8) is 0 Å². The average molecular weight is 508 g/mol. The maximum absolute atomic E-state index is 12.4. The number of terminal acetylenes is 1. The number of methoxy groups -OCH3 is 1. The molecule has 0 N–H and O–H groups in total. The van der Waals surface area contributed by atoms with E-state index in [2.05, 4.69) is 45.8 Å². The summed E-state index contributed by atoms with van der Waals surface area (Å²) in [6.07, 6.45) is 6.82. The van der Waals surface area contributed by atoms with Crippen LogP contribution in [0.3, 0.4) is 0 Å². The number of carbonyl (C=O) groups excluding carboxylic acids is 1. The Kier molecular flexibility index (Phi) is 50.2. The summed E-state index contributed by atoms with van der Waals surface area (Å²) in [5.74, 6) is 2.69. The van der Waals surface area contributed by atoms with Gasteiger partial charge in [-0.1, -0.05) is 12.8 Å². The fourth-order valence-electron chi connectivity index (χ4n) is 3.07. The van der Waals surface area contributed by atoms with Crippen molar-refractivity contribution in [1.82, 2.24) is 0 Å². The van der Waals surface area contributed by atoms with Gasteiger partial charge in [0.15, 0.2) is 0 Å². The minimum atomic E-state index is -0.685. The van der Waals surface area contributed by atoms with Crippen molar-refractivity contribution in [2.75, 3.05) is 7.11 Å². The van der Waals surface area contributed by atoms with Crippen LogP contribution in [0.15, 0.2) is 0 Å². The van der Waals surface area contributed by atoms with Crippen LogP contribution < -0.4 is 0 Å². The van der Waals surface area contributed by atoms with Crippen molar-refractivity contribution in [3.05, 3.63) is 39.9 Å². The Morgan fingerprint density at radius 1 is 1.00 bits per heavy atom. The molecule has 0 aromatic carbocycles. The molecule has 166 valence electrons. The number of fused-ring (bicyclic) bond motifs is 2. The third-order valence-electron chi connectivity index (χ3n) is 4.16. The molecule has 9 nitrogen and oxygen atoms in total. The standard InChI is InChI=1S/C13H18O3.6CO.2Co/c1-5-10(15-4)13(3)11-7-6-9(16-11)8(2)12(13)14;6*1-2;;/h1,8-11H,6-7H2,2-4H3;;;;;;;;/t8-,9+,10?,11-,13-;;;;;;;;/m0......../s1. The molecule has 0 saturated carbocycles. The van der Waals surface area contributed by atoms with E-state index in [-0.39, 0.29) is 57.5 Å². The van der Waals surface area contributed by atoms with Crippen molar-refractivity contribution >= 4 is 5.78 Å². The SMILES string of the molecule is C#CC(OC)[C@]1(C)C(=O)[C@@H](C)[C@H]2CC[C@@H]1O2.[C-]#[O+].[C-]#[O+].[C-]#[O+].[C-]#[O+].[C-]#[O+].[C-]#[O+].[Co].[Co]. The Balaban J connectivity index is -0.0000000657. The van der Waals surface area contributed by atoms with Crippen LogP contribution >= 0.6 is 0 Å². The zero-order chi connectivity index (χ0) is 23.9. The predicted molar refractivity (Wildman–Crippen MR) is 83.4 cm³/mol. The molecule has 2 fully saturated rings. The maximum Gasteiger partial charge on any atom is 0 e. The van der Waals surface area contributed by atoms with Crippen LogP contribution in [0.4, 0.5) is 0 Å². The van der Waals surface area contributed by atoms with E-state index in [9.17, 15) is 4.79 Å². The molecular formula is C19H18Co2O9. The summed E-state index contributed by atoms with van der Waals surface area (Å²) in [6, 6.07) is 0. The molecule has 2 saturated heterocycles. The third-order valence-corrected chi connectivity index (χ3v) is 4.16. The van der Waals surface area contributed by atoms with Gasteiger partial charge in [0.2, 0.25) is 0 Å². The summed E-state index contributed by atoms with van der Waals surface area (Å²) in [5, 5.41) is 0. The van der Waals surface area contributed by atoms with E-state index in [0.717, 1.165) is 12.8 Å². The Morgan fingerprint density at radius 2 is 1.37 bits per heavy atom. The summed E-state index contributed by atoms with van der Waals surface area (Å²) >= 11 is 0. The number of hydrogen-bond donors (Lipinski definition) is 0. The molecule has 2 rings (SSSR count). The summed E-state index contributed by atoms with van der Waals surface area (Å²) in [7, 11) is 1.55. The number of carbonyl (C=O) groups is 1. The Labute approximate surface area is 197 Å². The monoisotopic (exact) mass is 508 g/mol. The molecule has 0 aliphatic carbocycles. The Morgan fingerprint density at radius 3 is 1.67 bits per heavy atom. The number of Topliss-reactive ketones (excluding diaryl/α,β-unsaturated/α-hetero) is 1. The van der Waals surface area contributed by atoms with Crippen molar-refractivity contribution in [2.24, 2.45) is 11.3 Å². The number of ketones is 1. The minimum Gasteiger partial charge on any atom is 0 e. The first-order valence-electron chi connectivity index (χ1n) is 6.96. The number of hydrogen-bond acceptors (Lipinski definition) is 3. The van der Waals surface area contributed by atoms with Gasteiger partial charge in [0.1, 0.15) is 11.9 Å². The van der Waals surface area contributed by atoms with E-state index in [1.165, 1.54) is 0 Å². The topological polar surface area (TPSA) is 155 Å². The molecule has 0 amide bonds. The molecule has 30 heavy (non-hydrogen) atoms. The zero-order valence-electron chi connectivity index (χ0n) is 16.1. The summed E-state index contributed by atoms with van der Waals surface area (Å²) < 4.78 is 56.2. The molecule has 2 bridgehead atoms. The first-order chi connectivity index (χ1) is 13.6. The minimum absolute atomic E-state index is 0. The van der Waals surface area contributed by atoms with Gasteiger partial charge in [-0.05, 0) is 19.8 Å². The van der Waals surface area contributed by atoms with Gasteiger partial charge in [0, 0.05) is 46.6 Å². The van der Waals surface area contributed by atoms with Gasteiger partial charge in [0.05, 0.1) is 17.6 Å². The second kappa shape index (κ2) is 32.3. The summed E-state index contributed by atoms with van der Waals surface area (Å²) in [4.78, 5) is 12.4. The van der Waals surface area contributed by atoms with Crippen LogP contribution in [0.1, 0.15) is 26.7 Å². The van der Waals surface area contributed by atoms with Gasteiger partial charge in [-0.25, -0.2) is 0 Å². The van der Waals surface area contributed by atoms with Crippen molar-refractivity contribution in [1.29, 1.82) is 0 Å². The van der Waals surface area contributed by atoms with Gasteiger partial charge in [-0.15, -0.1) is 6.42 Å². The molecule has 0 aromatic heterocycles. The van der Waals surface area contributed by atoms with Gasteiger partial charge in [-0.2, -0.15) is 0 Å². The van der Waals surface area contributed by atoms with Crippen LogP contribution in [0.25, 0.3) is 0 Å². The summed E-state index contributed by atoms with van der Waals surface area (Å²) in [6.45, 7) is 30.8. The molecule has 1 unspecified atom stereocenters. The van der Waals surface area contributed by atoms with E-state index in [4.69, 9.17) is 43.8 Å². The van der Waals surface area contributed by atoms with Crippen LogP contribution in [-0.2, 0) is 75.7 Å². The fourth-order valence-corrected chi connectivity index (χ4v) is 3.07. The smallest absolute Gasteiger partial charge is 0 e. The molecular weight excluding hydrogens is 490 g/mol. The van der Waals surface area contributed by atoms with Crippen LogP contribution in [0.5, 0.6) is 0 Å². The Bertz CT molecular complexity index is 540.